The van der Waals surface area contributed by atoms with Gasteiger partial charge in [-0.3, -0.25) is 0 Å². The lowest BCUT2D eigenvalue weighted by atomic mass is 9.82. The van der Waals surface area contributed by atoms with Crippen LogP contribution in [0.25, 0.3) is 176 Å². The molecule has 434 valence electrons. The number of hydrogen-bond acceptors (Lipinski definition) is 0. The van der Waals surface area contributed by atoms with Crippen molar-refractivity contribution < 1.29 is 0 Å². The highest BCUT2D eigenvalue weighted by atomic mass is 15.0. The Labute approximate surface area is 534 Å². The second-order valence-electron chi connectivity index (χ2n) is 26.0. The summed E-state index contributed by atoms with van der Waals surface area (Å²) in [5.41, 5.74) is 25.9. The van der Waals surface area contributed by atoms with E-state index in [1.54, 1.807) is 0 Å². The topological polar surface area (TPSA) is 29.6 Å². The van der Waals surface area contributed by atoms with E-state index in [1.165, 1.54) is 153 Å². The summed E-state index contributed by atoms with van der Waals surface area (Å²) >= 11 is 0. The van der Waals surface area contributed by atoms with Crippen LogP contribution in [0.3, 0.4) is 0 Å². The first-order chi connectivity index (χ1) is 45.9. The normalized spacial score (nSPS) is 13.1. The zero-order valence-corrected chi connectivity index (χ0v) is 51.1. The molecule has 93 heavy (non-hydrogen) atoms. The average molecular weight is 1190 g/mol. The number of aromatic nitrogens is 6. The van der Waals surface area contributed by atoms with Crippen molar-refractivity contribution in [1.82, 2.24) is 27.4 Å². The SMILES string of the molecule is CC1(C)c2cc(-n3c4ccc(-n5c6ccccc6c6ccccc65)cc4c4cc(-n5c6ccccc6c6ccccc65)ccc43)ccc2-c2ccc(-n3c4ccc(-n5c6ccccc6c6ccccc65)cc4c4cc(-n5c6ccccc6c6ccccc65)ccc43)cc21. The number of benzene rings is 14. The van der Waals surface area contributed by atoms with Crippen molar-refractivity contribution in [1.29, 1.82) is 0 Å². The maximum Gasteiger partial charge on any atom is 0.0542 e. The molecule has 0 fully saturated rings. The van der Waals surface area contributed by atoms with E-state index in [-0.39, 0.29) is 5.41 Å². The predicted octanol–water partition coefficient (Wildman–Crippen LogP) is 22.6. The zero-order chi connectivity index (χ0) is 60.9. The summed E-state index contributed by atoms with van der Waals surface area (Å²) in [6.07, 6.45) is 0. The molecular formula is C87H56N6. The second kappa shape index (κ2) is 18.5. The standard InChI is InChI=1S/C87H56N6/c1-87(2)73-51-57(92-83-43-37-53(88-75-27-11-3-19-61(75)62-20-4-12-28-76(62)88)47-69(83)70-48-54(38-44-84(70)92)89-77-29-13-5-21-63(77)64-22-6-14-30-78(64)89)35-41-59(73)60-42-36-58(52-74(60)87)93-85-45-39-55(90-79-31-15-7-23-65(79)66-24-8-16-32-80(66)90)49-71(85)72-50-56(40-46-86(72)93)91-81-33-17-9-25-67(81)68-26-10-18-34-82(68)91/h3-52H,1-2H3. The van der Waals surface area contributed by atoms with Crippen LogP contribution in [0.5, 0.6) is 0 Å². The fourth-order valence-electron chi connectivity index (χ4n) is 16.9. The molecule has 1 aliphatic rings. The van der Waals surface area contributed by atoms with Crippen LogP contribution >= 0.6 is 0 Å². The van der Waals surface area contributed by atoms with Gasteiger partial charge in [0.1, 0.15) is 0 Å². The Morgan fingerprint density at radius 3 is 0.559 bits per heavy atom. The first-order valence-electron chi connectivity index (χ1n) is 32.3. The minimum absolute atomic E-state index is 0.338. The third-order valence-corrected chi connectivity index (χ3v) is 21.0. The zero-order valence-electron chi connectivity index (χ0n) is 51.1. The minimum atomic E-state index is -0.338. The van der Waals surface area contributed by atoms with Crippen molar-refractivity contribution in [3.05, 3.63) is 314 Å². The van der Waals surface area contributed by atoms with Crippen molar-refractivity contribution in [2.75, 3.05) is 0 Å². The summed E-state index contributed by atoms with van der Waals surface area (Å²) in [7, 11) is 0. The van der Waals surface area contributed by atoms with Crippen molar-refractivity contribution in [3.63, 3.8) is 0 Å². The number of nitrogens with zero attached hydrogens (tertiary/aromatic N) is 6. The summed E-state index contributed by atoms with van der Waals surface area (Å²) in [4.78, 5) is 0. The molecule has 21 rings (SSSR count). The molecule has 0 radical (unpaired) electrons. The molecule has 6 aromatic heterocycles. The summed E-state index contributed by atoms with van der Waals surface area (Å²) in [6, 6.07) is 113. The summed E-state index contributed by atoms with van der Waals surface area (Å²) in [6.45, 7) is 4.85. The molecule has 0 saturated carbocycles. The van der Waals surface area contributed by atoms with E-state index in [9.17, 15) is 0 Å². The van der Waals surface area contributed by atoms with E-state index in [0.717, 1.165) is 34.1 Å². The highest BCUT2D eigenvalue weighted by Gasteiger charge is 2.37. The molecule has 0 atom stereocenters. The van der Waals surface area contributed by atoms with Gasteiger partial charge in [0, 0.05) is 104 Å². The lowest BCUT2D eigenvalue weighted by molar-refractivity contribution is 0.659. The average Bonchev–Trinajstić information content (AvgIpc) is 1.58. The first-order valence-corrected chi connectivity index (χ1v) is 32.3. The summed E-state index contributed by atoms with van der Waals surface area (Å²) in [5, 5.41) is 14.8. The molecule has 0 spiro atoms. The van der Waals surface area contributed by atoms with Gasteiger partial charge in [-0.15, -0.1) is 0 Å². The van der Waals surface area contributed by atoms with Crippen LogP contribution in [0.15, 0.2) is 303 Å². The van der Waals surface area contributed by atoms with E-state index in [2.05, 4.69) is 345 Å². The quantitative estimate of drug-likeness (QED) is 0.159. The molecular weight excluding hydrogens is 1130 g/mol. The molecule has 14 aromatic carbocycles. The number of rotatable bonds is 6. The molecule has 6 nitrogen and oxygen atoms in total. The molecule has 6 heteroatoms. The van der Waals surface area contributed by atoms with Gasteiger partial charge in [-0.2, -0.15) is 0 Å². The van der Waals surface area contributed by atoms with Crippen LogP contribution in [0.4, 0.5) is 0 Å². The third kappa shape index (κ3) is 6.85. The van der Waals surface area contributed by atoms with E-state index in [0.29, 0.717) is 0 Å². The Morgan fingerprint density at radius 1 is 0.172 bits per heavy atom. The molecule has 0 aliphatic heterocycles. The van der Waals surface area contributed by atoms with Gasteiger partial charge in [-0.1, -0.05) is 172 Å². The maximum absolute atomic E-state index is 2.51. The van der Waals surface area contributed by atoms with E-state index in [1.807, 2.05) is 0 Å². The van der Waals surface area contributed by atoms with Crippen molar-refractivity contribution in [2.45, 2.75) is 19.3 Å². The van der Waals surface area contributed by atoms with Crippen LogP contribution < -0.4 is 0 Å². The number of hydrogen-bond donors (Lipinski definition) is 0. The monoisotopic (exact) mass is 1180 g/mol. The van der Waals surface area contributed by atoms with Gasteiger partial charge in [-0.05, 0) is 168 Å². The lowest BCUT2D eigenvalue weighted by Crippen LogP contribution is -2.16. The highest BCUT2D eigenvalue weighted by Crippen LogP contribution is 2.52. The van der Waals surface area contributed by atoms with Crippen LogP contribution in [-0.2, 0) is 5.41 Å². The van der Waals surface area contributed by atoms with Crippen molar-refractivity contribution in [2.24, 2.45) is 0 Å². The smallest absolute Gasteiger partial charge is 0.0542 e. The number of fused-ring (bicyclic) bond motifs is 21. The van der Waals surface area contributed by atoms with Gasteiger partial charge in [0.25, 0.3) is 0 Å². The van der Waals surface area contributed by atoms with Gasteiger partial charge in [0.15, 0.2) is 0 Å². The summed E-state index contributed by atoms with van der Waals surface area (Å²) < 4.78 is 14.8. The van der Waals surface area contributed by atoms with Gasteiger partial charge in [0.05, 0.1) is 66.2 Å². The molecule has 0 unspecified atom stereocenters. The van der Waals surface area contributed by atoms with Gasteiger partial charge < -0.3 is 27.4 Å². The predicted molar refractivity (Wildman–Crippen MR) is 390 cm³/mol. The Morgan fingerprint density at radius 2 is 0.344 bits per heavy atom. The molecule has 1 aliphatic carbocycles. The lowest BCUT2D eigenvalue weighted by Gasteiger charge is -2.23. The highest BCUT2D eigenvalue weighted by molar-refractivity contribution is 6.17. The second-order valence-corrected chi connectivity index (χ2v) is 26.0. The van der Waals surface area contributed by atoms with Gasteiger partial charge in [0.2, 0.25) is 0 Å². The van der Waals surface area contributed by atoms with Crippen molar-refractivity contribution in [3.8, 4) is 45.3 Å². The molecule has 6 heterocycles. The molecule has 0 amide bonds. The van der Waals surface area contributed by atoms with E-state index >= 15 is 0 Å². The van der Waals surface area contributed by atoms with E-state index < -0.39 is 0 Å². The molecule has 0 N–H and O–H groups in total. The van der Waals surface area contributed by atoms with Crippen LogP contribution in [0.1, 0.15) is 25.0 Å². The van der Waals surface area contributed by atoms with Crippen LogP contribution in [0.2, 0.25) is 0 Å². The van der Waals surface area contributed by atoms with Crippen LogP contribution in [-0.4, -0.2) is 27.4 Å². The fourth-order valence-corrected chi connectivity index (χ4v) is 16.9. The van der Waals surface area contributed by atoms with Gasteiger partial charge >= 0.3 is 0 Å². The first kappa shape index (κ1) is 50.7. The number of para-hydroxylation sites is 8. The minimum Gasteiger partial charge on any atom is -0.309 e. The molecule has 20 aromatic rings. The summed E-state index contributed by atoms with van der Waals surface area (Å²) in [5.74, 6) is 0. The Kier molecular flexibility index (Phi) is 10.1. The fraction of sp³-hybridized carbons (Fsp3) is 0.0345. The Balaban J connectivity index is 0.741. The Bertz CT molecular complexity index is 5710. The van der Waals surface area contributed by atoms with Gasteiger partial charge in [-0.25, -0.2) is 0 Å². The molecule has 0 bridgehead atoms. The largest absolute Gasteiger partial charge is 0.309 e. The van der Waals surface area contributed by atoms with E-state index in [4.69, 9.17) is 0 Å². The maximum atomic E-state index is 2.51. The third-order valence-electron chi connectivity index (χ3n) is 21.0. The Hall–Kier alpha value is -12.1. The molecule has 0 saturated heterocycles. The van der Waals surface area contributed by atoms with Crippen molar-refractivity contribution >= 4 is 131 Å². The van der Waals surface area contributed by atoms with Crippen LogP contribution in [0, 0.1) is 0 Å².